The molecule has 1 rings (SSSR count). The smallest absolute Gasteiger partial charge is 0.432 e. The Bertz CT molecular complexity index is 458. The third kappa shape index (κ3) is 6.44. The van der Waals surface area contributed by atoms with E-state index in [0.29, 0.717) is 5.69 Å². The molecule has 1 amide bonds. The summed E-state index contributed by atoms with van der Waals surface area (Å²) >= 11 is 0. The van der Waals surface area contributed by atoms with Crippen molar-refractivity contribution in [2.45, 2.75) is 71.4 Å². The van der Waals surface area contributed by atoms with Gasteiger partial charge in [0.1, 0.15) is 5.69 Å². The van der Waals surface area contributed by atoms with Gasteiger partial charge in [0.2, 0.25) is 0 Å². The Morgan fingerprint density at radius 1 is 1.39 bits per heavy atom. The fourth-order valence-electron chi connectivity index (χ4n) is 2.45. The fraction of sp³-hybridized carbons (Fsp3) is 0.647. The summed E-state index contributed by atoms with van der Waals surface area (Å²) in [7, 11) is 0. The zero-order chi connectivity index (χ0) is 17.1. The van der Waals surface area contributed by atoms with Crippen molar-refractivity contribution in [3.63, 3.8) is 0 Å². The number of hydroxylamine groups is 1. The number of carbonyl (C=O) groups excluding carboxylic acids is 1. The van der Waals surface area contributed by atoms with E-state index < -0.39 is 12.2 Å². The Hall–Kier alpha value is -1.82. The molecular formula is C17H29N3O3. The first-order chi connectivity index (χ1) is 11.2. The summed E-state index contributed by atoms with van der Waals surface area (Å²) in [4.78, 5) is 11.2. The molecule has 0 fully saturated rings. The first kappa shape index (κ1) is 19.2. The van der Waals surface area contributed by atoms with Gasteiger partial charge in [-0.3, -0.25) is 9.89 Å². The minimum absolute atomic E-state index is 0.645. The average Bonchev–Trinajstić information content (AvgIpc) is 2.96. The maximum Gasteiger partial charge on any atom is 0.432 e. The van der Waals surface area contributed by atoms with Crippen LogP contribution in [0.2, 0.25) is 0 Å². The van der Waals surface area contributed by atoms with Gasteiger partial charge in [-0.2, -0.15) is 5.10 Å². The van der Waals surface area contributed by atoms with E-state index in [2.05, 4.69) is 25.5 Å². The van der Waals surface area contributed by atoms with Gasteiger partial charge < -0.3 is 4.74 Å². The molecule has 6 nitrogen and oxygen atoms in total. The monoisotopic (exact) mass is 323 g/mol. The van der Waals surface area contributed by atoms with E-state index in [1.165, 1.54) is 24.4 Å². The first-order valence-electron chi connectivity index (χ1n) is 8.46. The molecule has 0 aliphatic carbocycles. The second kappa shape index (κ2) is 10.8. The highest BCUT2D eigenvalue weighted by molar-refractivity contribution is 5.66. The molecule has 1 atom stereocenters. The quantitative estimate of drug-likeness (QED) is 0.278. The lowest BCUT2D eigenvalue weighted by atomic mass is 10.1. The van der Waals surface area contributed by atoms with Gasteiger partial charge in [0.05, 0.1) is 0 Å². The van der Waals surface area contributed by atoms with Crippen molar-refractivity contribution in [2.75, 3.05) is 0 Å². The molecule has 1 aromatic rings. The number of rotatable bonds is 11. The van der Waals surface area contributed by atoms with Crippen LogP contribution in [0.15, 0.2) is 18.7 Å². The molecule has 0 aliphatic rings. The number of nitrogens with one attached hydrogen (secondary N) is 1. The van der Waals surface area contributed by atoms with E-state index in [-0.39, 0.29) is 0 Å². The molecule has 0 saturated carbocycles. The summed E-state index contributed by atoms with van der Waals surface area (Å²) in [6.45, 7) is 8.90. The minimum atomic E-state index is -0.914. The summed E-state index contributed by atoms with van der Waals surface area (Å²) in [5, 5.41) is 13.2. The minimum Gasteiger partial charge on any atom is -0.434 e. The molecule has 1 aromatic heterocycles. The molecule has 130 valence electrons. The van der Waals surface area contributed by atoms with E-state index in [4.69, 9.17) is 9.94 Å². The number of aryl methyl sites for hydroxylation is 2. The molecular weight excluding hydrogens is 294 g/mol. The van der Waals surface area contributed by atoms with Gasteiger partial charge in [-0.1, -0.05) is 46.1 Å². The Labute approximate surface area is 138 Å². The van der Waals surface area contributed by atoms with E-state index in [9.17, 15) is 4.79 Å². The number of aromatic nitrogens is 2. The van der Waals surface area contributed by atoms with Crippen molar-refractivity contribution in [1.82, 2.24) is 15.3 Å². The van der Waals surface area contributed by atoms with Crippen LogP contribution in [0.1, 0.15) is 69.9 Å². The van der Waals surface area contributed by atoms with Crippen molar-refractivity contribution >= 4 is 6.09 Å². The van der Waals surface area contributed by atoms with Gasteiger partial charge in [-0.25, -0.2) is 10.3 Å². The average molecular weight is 323 g/mol. The van der Waals surface area contributed by atoms with Gasteiger partial charge >= 0.3 is 6.09 Å². The SMILES string of the molecule is C=CC(OC(=O)NO)c1cc(CCCCC)n(CCCCC)n1. The molecule has 6 heteroatoms. The Kier molecular flexibility index (Phi) is 9.05. The third-order valence-electron chi connectivity index (χ3n) is 3.72. The van der Waals surface area contributed by atoms with Crippen LogP contribution in [0.5, 0.6) is 0 Å². The molecule has 0 aromatic carbocycles. The number of amides is 1. The van der Waals surface area contributed by atoms with Crippen LogP contribution in [0.25, 0.3) is 0 Å². The molecule has 0 spiro atoms. The molecule has 2 N–H and O–H groups in total. The lowest BCUT2D eigenvalue weighted by Crippen LogP contribution is -2.22. The number of ether oxygens (including phenoxy) is 1. The van der Waals surface area contributed by atoms with Crippen LogP contribution in [-0.4, -0.2) is 21.1 Å². The highest BCUT2D eigenvalue weighted by Gasteiger charge is 2.18. The molecule has 0 saturated heterocycles. The number of nitrogens with zero attached hydrogens (tertiary/aromatic N) is 2. The highest BCUT2D eigenvalue weighted by Crippen LogP contribution is 2.20. The van der Waals surface area contributed by atoms with Crippen LogP contribution in [0.3, 0.4) is 0 Å². The summed E-state index contributed by atoms with van der Waals surface area (Å²) in [5.74, 6) is 0. The molecule has 0 aliphatic heterocycles. The maximum absolute atomic E-state index is 11.2. The van der Waals surface area contributed by atoms with Gasteiger partial charge in [-0.15, -0.1) is 0 Å². The van der Waals surface area contributed by atoms with Crippen molar-refractivity contribution in [3.8, 4) is 0 Å². The summed E-state index contributed by atoms with van der Waals surface area (Å²) in [5.41, 5.74) is 3.26. The first-order valence-corrected chi connectivity index (χ1v) is 8.46. The summed E-state index contributed by atoms with van der Waals surface area (Å²) in [6.07, 6.45) is 7.76. The summed E-state index contributed by atoms with van der Waals surface area (Å²) in [6, 6.07) is 1.97. The molecule has 0 radical (unpaired) electrons. The van der Waals surface area contributed by atoms with E-state index in [1.807, 2.05) is 10.7 Å². The van der Waals surface area contributed by atoms with Gasteiger partial charge in [0.25, 0.3) is 0 Å². The van der Waals surface area contributed by atoms with Crippen molar-refractivity contribution in [1.29, 1.82) is 0 Å². The predicted molar refractivity (Wildman–Crippen MR) is 89.3 cm³/mol. The zero-order valence-electron chi connectivity index (χ0n) is 14.3. The number of hydrogen-bond acceptors (Lipinski definition) is 4. The lowest BCUT2D eigenvalue weighted by molar-refractivity contribution is 0.0697. The largest absolute Gasteiger partial charge is 0.434 e. The van der Waals surface area contributed by atoms with Crippen LogP contribution < -0.4 is 5.48 Å². The second-order valence-corrected chi connectivity index (χ2v) is 5.62. The lowest BCUT2D eigenvalue weighted by Gasteiger charge is -2.10. The molecule has 1 heterocycles. The normalized spacial score (nSPS) is 12.0. The van der Waals surface area contributed by atoms with Crippen molar-refractivity contribution in [3.05, 3.63) is 30.1 Å². The predicted octanol–water partition coefficient (Wildman–Crippen LogP) is 4.15. The Morgan fingerprint density at radius 3 is 2.70 bits per heavy atom. The van der Waals surface area contributed by atoms with Crippen LogP contribution in [0, 0.1) is 0 Å². The fourth-order valence-corrected chi connectivity index (χ4v) is 2.45. The number of carbonyl (C=O) groups is 1. The van der Waals surface area contributed by atoms with Gasteiger partial charge in [0.15, 0.2) is 6.10 Å². The topological polar surface area (TPSA) is 76.4 Å². The zero-order valence-corrected chi connectivity index (χ0v) is 14.3. The Balaban J connectivity index is 2.86. The van der Waals surface area contributed by atoms with Gasteiger partial charge in [0, 0.05) is 12.2 Å². The third-order valence-corrected chi connectivity index (χ3v) is 3.72. The van der Waals surface area contributed by atoms with Crippen LogP contribution >= 0.6 is 0 Å². The van der Waals surface area contributed by atoms with Crippen molar-refractivity contribution < 1.29 is 14.7 Å². The standard InChI is InChI=1S/C17H29N3O3/c1-4-7-9-11-14-13-15(16(6-3)23-17(21)19-22)18-20(14)12-10-8-5-2/h6,13,16,22H,3-5,7-12H2,1-2H3,(H,19,21). The molecule has 1 unspecified atom stereocenters. The van der Waals surface area contributed by atoms with E-state index >= 15 is 0 Å². The second-order valence-electron chi connectivity index (χ2n) is 5.62. The molecule has 23 heavy (non-hydrogen) atoms. The highest BCUT2D eigenvalue weighted by atomic mass is 16.6. The number of unbranched alkanes of at least 4 members (excludes halogenated alkanes) is 4. The summed E-state index contributed by atoms with van der Waals surface area (Å²) < 4.78 is 7.07. The maximum atomic E-state index is 11.2. The van der Waals surface area contributed by atoms with Crippen LogP contribution in [0.4, 0.5) is 4.79 Å². The molecule has 0 bridgehead atoms. The van der Waals surface area contributed by atoms with E-state index in [1.54, 1.807) is 0 Å². The van der Waals surface area contributed by atoms with Crippen molar-refractivity contribution in [2.24, 2.45) is 0 Å². The van der Waals surface area contributed by atoms with Gasteiger partial charge in [-0.05, 0) is 31.4 Å². The Morgan fingerprint density at radius 2 is 2.09 bits per heavy atom. The van der Waals surface area contributed by atoms with Crippen LogP contribution in [-0.2, 0) is 17.7 Å². The van der Waals surface area contributed by atoms with E-state index in [0.717, 1.165) is 44.3 Å². The number of hydrogen-bond donors (Lipinski definition) is 2.